The number of rotatable bonds is 8. The number of furan rings is 1. The highest BCUT2D eigenvalue weighted by atomic mass is 16.5. The van der Waals surface area contributed by atoms with Crippen molar-refractivity contribution in [2.45, 2.75) is 65.5 Å². The van der Waals surface area contributed by atoms with Crippen molar-refractivity contribution < 1.29 is 13.9 Å². The number of carbonyl (C=O) groups excluding carboxylic acids is 1. The minimum absolute atomic E-state index is 0.414. The SMILES string of the molecule is CCCC=Nc1c(C)cccc1OC1CCC1.Cc1ccc(CNC=O)o1. The van der Waals surface area contributed by atoms with Crippen LogP contribution in [0.15, 0.2) is 39.7 Å². The lowest BCUT2D eigenvalue weighted by molar-refractivity contribution is -0.109. The molecule has 1 aromatic heterocycles. The molecule has 1 saturated carbocycles. The van der Waals surface area contributed by atoms with E-state index in [1.165, 1.54) is 24.8 Å². The van der Waals surface area contributed by atoms with Crippen LogP contribution in [-0.2, 0) is 11.3 Å². The molecular formula is C22H30N2O3. The lowest BCUT2D eigenvalue weighted by atomic mass is 9.96. The van der Waals surface area contributed by atoms with Crippen LogP contribution in [0, 0.1) is 13.8 Å². The Morgan fingerprint density at radius 2 is 2.07 bits per heavy atom. The van der Waals surface area contributed by atoms with Crippen molar-refractivity contribution in [3.63, 3.8) is 0 Å². The van der Waals surface area contributed by atoms with E-state index >= 15 is 0 Å². The van der Waals surface area contributed by atoms with Crippen LogP contribution in [0.3, 0.4) is 0 Å². The van der Waals surface area contributed by atoms with E-state index < -0.39 is 0 Å². The molecule has 0 aliphatic heterocycles. The Morgan fingerprint density at radius 3 is 2.67 bits per heavy atom. The minimum Gasteiger partial charge on any atom is -0.488 e. The Bertz CT molecular complexity index is 733. The van der Waals surface area contributed by atoms with Gasteiger partial charge in [0.1, 0.15) is 23.0 Å². The number of aryl methyl sites for hydroxylation is 2. The Kier molecular flexibility index (Phi) is 8.62. The number of unbranched alkanes of at least 4 members (excludes halogenated alkanes) is 1. The number of nitrogens with one attached hydrogen (secondary N) is 1. The number of ether oxygens (including phenoxy) is 1. The molecule has 5 heteroatoms. The second-order valence-electron chi connectivity index (χ2n) is 6.70. The standard InChI is InChI=1S/C15H21NO.C7H9NO2/c1-3-4-11-16-15-12(2)7-5-10-14(15)17-13-8-6-9-13;1-6-2-3-7(10-6)4-8-5-9/h5,7,10-11,13H,3-4,6,8-9H2,1-2H3;2-3,5H,4H2,1H3,(H,8,9). The van der Waals surface area contributed by atoms with Crippen LogP contribution in [0.2, 0.25) is 0 Å². The molecule has 0 spiro atoms. The summed E-state index contributed by atoms with van der Waals surface area (Å²) in [6.07, 6.45) is 8.89. The summed E-state index contributed by atoms with van der Waals surface area (Å²) in [5.41, 5.74) is 2.20. The third-order valence-corrected chi connectivity index (χ3v) is 4.34. The summed E-state index contributed by atoms with van der Waals surface area (Å²) in [5, 5.41) is 2.50. The highest BCUT2D eigenvalue weighted by molar-refractivity contribution is 5.68. The van der Waals surface area contributed by atoms with Crippen LogP contribution in [-0.4, -0.2) is 18.7 Å². The van der Waals surface area contributed by atoms with E-state index in [4.69, 9.17) is 9.15 Å². The summed E-state index contributed by atoms with van der Waals surface area (Å²) in [7, 11) is 0. The number of para-hydroxylation sites is 1. The molecule has 146 valence electrons. The Balaban J connectivity index is 0.000000223. The van der Waals surface area contributed by atoms with Crippen molar-refractivity contribution in [3.05, 3.63) is 47.4 Å². The lowest BCUT2D eigenvalue weighted by Gasteiger charge is -2.27. The maximum absolute atomic E-state index is 9.83. The Hall–Kier alpha value is -2.56. The molecule has 3 rings (SSSR count). The van der Waals surface area contributed by atoms with Gasteiger partial charge in [-0.25, -0.2) is 0 Å². The van der Waals surface area contributed by atoms with Gasteiger partial charge in [0.05, 0.1) is 12.6 Å². The van der Waals surface area contributed by atoms with Gasteiger partial charge < -0.3 is 14.5 Å². The topological polar surface area (TPSA) is 63.8 Å². The Labute approximate surface area is 161 Å². The van der Waals surface area contributed by atoms with Crippen LogP contribution in [0.5, 0.6) is 5.75 Å². The summed E-state index contributed by atoms with van der Waals surface area (Å²) in [6.45, 7) is 6.59. The second-order valence-corrected chi connectivity index (χ2v) is 6.70. The van der Waals surface area contributed by atoms with Crippen LogP contribution in [0.25, 0.3) is 0 Å². The van der Waals surface area contributed by atoms with E-state index in [0.717, 1.165) is 35.8 Å². The van der Waals surface area contributed by atoms with Gasteiger partial charge in [-0.3, -0.25) is 9.79 Å². The van der Waals surface area contributed by atoms with Crippen LogP contribution in [0.1, 0.15) is 56.1 Å². The third-order valence-electron chi connectivity index (χ3n) is 4.34. The van der Waals surface area contributed by atoms with Gasteiger partial charge in [0.25, 0.3) is 0 Å². The van der Waals surface area contributed by atoms with Gasteiger partial charge in [0, 0.05) is 6.21 Å². The van der Waals surface area contributed by atoms with Crippen molar-refractivity contribution >= 4 is 18.3 Å². The number of aliphatic imine (C=N–C) groups is 1. The minimum atomic E-state index is 0.414. The molecule has 5 nitrogen and oxygen atoms in total. The summed E-state index contributed by atoms with van der Waals surface area (Å²) in [4.78, 5) is 14.4. The summed E-state index contributed by atoms with van der Waals surface area (Å²) in [5.74, 6) is 2.59. The van der Waals surface area contributed by atoms with Crippen molar-refractivity contribution in [3.8, 4) is 5.75 Å². The maximum Gasteiger partial charge on any atom is 0.207 e. The quantitative estimate of drug-likeness (QED) is 0.509. The predicted octanol–water partition coefficient (Wildman–Crippen LogP) is 5.26. The van der Waals surface area contributed by atoms with E-state index in [1.807, 2.05) is 37.4 Å². The van der Waals surface area contributed by atoms with Crippen LogP contribution < -0.4 is 10.1 Å². The van der Waals surface area contributed by atoms with E-state index in [2.05, 4.69) is 30.2 Å². The molecule has 0 atom stereocenters. The molecule has 0 radical (unpaired) electrons. The van der Waals surface area contributed by atoms with Crippen LogP contribution >= 0.6 is 0 Å². The highest BCUT2D eigenvalue weighted by Crippen LogP contribution is 2.34. The van der Waals surface area contributed by atoms with Crippen LogP contribution in [0.4, 0.5) is 5.69 Å². The smallest absolute Gasteiger partial charge is 0.207 e. The number of benzene rings is 1. The fourth-order valence-electron chi connectivity index (χ4n) is 2.57. The van der Waals surface area contributed by atoms with Crippen molar-refractivity contribution in [2.75, 3.05) is 0 Å². The number of hydrogen-bond donors (Lipinski definition) is 1. The zero-order valence-corrected chi connectivity index (χ0v) is 16.5. The number of nitrogens with zero attached hydrogens (tertiary/aromatic N) is 1. The van der Waals surface area contributed by atoms with E-state index in [9.17, 15) is 4.79 Å². The first-order valence-corrected chi connectivity index (χ1v) is 9.65. The maximum atomic E-state index is 9.83. The third kappa shape index (κ3) is 6.93. The fourth-order valence-corrected chi connectivity index (χ4v) is 2.57. The molecule has 0 unspecified atom stereocenters. The van der Waals surface area contributed by atoms with E-state index in [1.54, 1.807) is 0 Å². The van der Waals surface area contributed by atoms with Gasteiger partial charge >= 0.3 is 0 Å². The highest BCUT2D eigenvalue weighted by Gasteiger charge is 2.20. The molecule has 1 N–H and O–H groups in total. The van der Waals surface area contributed by atoms with Crippen molar-refractivity contribution in [2.24, 2.45) is 4.99 Å². The zero-order valence-electron chi connectivity index (χ0n) is 16.5. The molecule has 1 aliphatic rings. The van der Waals surface area contributed by atoms with Crippen molar-refractivity contribution in [1.82, 2.24) is 5.32 Å². The molecule has 1 heterocycles. The monoisotopic (exact) mass is 370 g/mol. The van der Waals surface area contributed by atoms with Gasteiger partial charge in [-0.2, -0.15) is 0 Å². The average molecular weight is 370 g/mol. The first kappa shape index (κ1) is 20.7. The average Bonchev–Trinajstić information content (AvgIpc) is 3.04. The molecule has 1 aliphatic carbocycles. The molecule has 1 aromatic carbocycles. The molecule has 1 fully saturated rings. The molecule has 0 bridgehead atoms. The van der Waals surface area contributed by atoms with E-state index in [-0.39, 0.29) is 0 Å². The van der Waals surface area contributed by atoms with Gasteiger partial charge in [0.15, 0.2) is 0 Å². The van der Waals surface area contributed by atoms with E-state index in [0.29, 0.717) is 19.1 Å². The van der Waals surface area contributed by atoms with Gasteiger partial charge in [-0.15, -0.1) is 0 Å². The molecule has 1 amide bonds. The summed E-state index contributed by atoms with van der Waals surface area (Å²) < 4.78 is 11.1. The number of hydrogen-bond acceptors (Lipinski definition) is 4. The fraction of sp³-hybridized carbons (Fsp3) is 0.455. The van der Waals surface area contributed by atoms with Gasteiger partial charge in [-0.05, 0) is 63.3 Å². The zero-order chi connectivity index (χ0) is 19.5. The molecular weight excluding hydrogens is 340 g/mol. The largest absolute Gasteiger partial charge is 0.488 e. The van der Waals surface area contributed by atoms with Gasteiger partial charge in [0.2, 0.25) is 6.41 Å². The number of carbonyl (C=O) groups is 1. The predicted molar refractivity (Wildman–Crippen MR) is 109 cm³/mol. The Morgan fingerprint density at radius 1 is 1.26 bits per heavy atom. The summed E-state index contributed by atoms with van der Waals surface area (Å²) in [6, 6.07) is 9.87. The lowest BCUT2D eigenvalue weighted by Crippen LogP contribution is -2.24. The first-order chi connectivity index (χ1) is 13.1. The second kappa shape index (κ2) is 11.2. The molecule has 27 heavy (non-hydrogen) atoms. The summed E-state index contributed by atoms with van der Waals surface area (Å²) >= 11 is 0. The normalized spacial score (nSPS) is 13.6. The molecule has 0 saturated heterocycles. The molecule has 2 aromatic rings. The number of amides is 1. The van der Waals surface area contributed by atoms with Gasteiger partial charge in [-0.1, -0.05) is 25.5 Å². The van der Waals surface area contributed by atoms with Crippen molar-refractivity contribution in [1.29, 1.82) is 0 Å². The first-order valence-electron chi connectivity index (χ1n) is 9.65.